The summed E-state index contributed by atoms with van der Waals surface area (Å²) in [6, 6.07) is 14.4. The first-order valence-corrected chi connectivity index (χ1v) is 7.85. The first kappa shape index (κ1) is 16.0. The van der Waals surface area contributed by atoms with E-state index >= 15 is 0 Å². The van der Waals surface area contributed by atoms with Gasteiger partial charge in [-0.2, -0.15) is 0 Å². The monoisotopic (exact) mass is 317 g/mol. The highest BCUT2D eigenvalue weighted by atomic mass is 15.1. The van der Waals surface area contributed by atoms with Crippen LogP contribution in [0.15, 0.2) is 53.9 Å². The Balaban J connectivity index is 2.11. The Hall–Kier alpha value is -2.91. The van der Waals surface area contributed by atoms with Crippen LogP contribution < -0.4 is 0 Å². The molecule has 0 spiro atoms. The van der Waals surface area contributed by atoms with E-state index in [1.54, 1.807) is 6.33 Å². The van der Waals surface area contributed by atoms with Crippen molar-refractivity contribution < 1.29 is 0 Å². The highest BCUT2D eigenvalue weighted by molar-refractivity contribution is 5.93. The fourth-order valence-electron chi connectivity index (χ4n) is 2.74. The van der Waals surface area contributed by atoms with Gasteiger partial charge in [-0.05, 0) is 22.1 Å². The number of rotatable bonds is 3. The van der Waals surface area contributed by atoms with E-state index in [4.69, 9.17) is 5.53 Å². The molecule has 2 aromatic carbocycles. The number of fused-ring (bicyclic) bond motifs is 1. The summed E-state index contributed by atoms with van der Waals surface area (Å²) < 4.78 is 0. The Morgan fingerprint density at radius 3 is 2.46 bits per heavy atom. The second kappa shape index (κ2) is 6.30. The van der Waals surface area contributed by atoms with E-state index in [9.17, 15) is 0 Å². The molecule has 3 rings (SSSR count). The van der Waals surface area contributed by atoms with Gasteiger partial charge >= 0.3 is 0 Å². The van der Waals surface area contributed by atoms with E-state index in [1.165, 1.54) is 5.56 Å². The lowest BCUT2D eigenvalue weighted by molar-refractivity contribution is 0.590. The largest absolute Gasteiger partial charge is 0.236 e. The summed E-state index contributed by atoms with van der Waals surface area (Å²) in [7, 11) is 0. The maximum Gasteiger partial charge on any atom is 0.116 e. The van der Waals surface area contributed by atoms with E-state index in [0.717, 1.165) is 27.7 Å². The quantitative estimate of drug-likeness (QED) is 0.368. The third-order valence-corrected chi connectivity index (χ3v) is 4.08. The van der Waals surface area contributed by atoms with Crippen LogP contribution in [0.5, 0.6) is 0 Å². The van der Waals surface area contributed by atoms with E-state index < -0.39 is 0 Å². The second-order valence-electron chi connectivity index (χ2n) is 6.75. The molecule has 5 nitrogen and oxygen atoms in total. The summed E-state index contributed by atoms with van der Waals surface area (Å²) in [5.41, 5.74) is 13.6. The van der Waals surface area contributed by atoms with E-state index in [0.29, 0.717) is 0 Å². The van der Waals surface area contributed by atoms with Gasteiger partial charge in [0.25, 0.3) is 0 Å². The molecule has 0 radical (unpaired) electrons. The highest BCUT2D eigenvalue weighted by Gasteiger charge is 2.14. The lowest BCUT2D eigenvalue weighted by atomic mass is 9.86. The van der Waals surface area contributed by atoms with Crippen LogP contribution in [0.25, 0.3) is 32.6 Å². The summed E-state index contributed by atoms with van der Waals surface area (Å²) in [4.78, 5) is 11.7. The fourth-order valence-corrected chi connectivity index (χ4v) is 2.74. The van der Waals surface area contributed by atoms with Gasteiger partial charge in [-0.1, -0.05) is 68.4 Å². The third kappa shape index (κ3) is 3.07. The maximum atomic E-state index is 8.55. The van der Waals surface area contributed by atoms with Crippen molar-refractivity contribution >= 4 is 10.9 Å². The molecule has 0 fully saturated rings. The molecule has 5 heteroatoms. The van der Waals surface area contributed by atoms with Gasteiger partial charge < -0.3 is 0 Å². The third-order valence-electron chi connectivity index (χ3n) is 4.08. The molecule has 1 heterocycles. The van der Waals surface area contributed by atoms with Gasteiger partial charge in [0.15, 0.2) is 0 Å². The minimum Gasteiger partial charge on any atom is -0.236 e. The summed E-state index contributed by atoms with van der Waals surface area (Å²) in [6.45, 7) is 6.88. The van der Waals surface area contributed by atoms with Crippen molar-refractivity contribution in [2.45, 2.75) is 32.7 Å². The van der Waals surface area contributed by atoms with E-state index in [1.807, 2.05) is 18.2 Å². The minimum atomic E-state index is 0.120. The van der Waals surface area contributed by atoms with Crippen molar-refractivity contribution in [3.05, 3.63) is 70.4 Å². The lowest BCUT2D eigenvalue weighted by Gasteiger charge is -2.19. The van der Waals surface area contributed by atoms with Crippen LogP contribution in [-0.2, 0) is 12.0 Å². The molecule has 0 saturated heterocycles. The van der Waals surface area contributed by atoms with E-state index in [2.05, 4.69) is 65.0 Å². The molecule has 0 N–H and O–H groups in total. The first-order valence-electron chi connectivity index (χ1n) is 7.85. The average Bonchev–Trinajstić information content (AvgIpc) is 2.58. The average molecular weight is 317 g/mol. The van der Waals surface area contributed by atoms with Gasteiger partial charge in [0.1, 0.15) is 6.33 Å². The standard InChI is InChI=1S/C19H19N5/c1-19(2,3)15-9-7-13(8-10-15)17-16-6-4-5-14(11-23-24-20)18(16)22-12-21-17/h4-10,12H,11H2,1-3H3. The summed E-state index contributed by atoms with van der Waals surface area (Å²) in [6.07, 6.45) is 1.56. The molecular formula is C19H19N5. The van der Waals surface area contributed by atoms with Crippen LogP contribution in [0.4, 0.5) is 0 Å². The number of para-hydroxylation sites is 1. The molecule has 0 aliphatic carbocycles. The highest BCUT2D eigenvalue weighted by Crippen LogP contribution is 2.29. The molecule has 0 atom stereocenters. The Bertz CT molecular complexity index is 917. The first-order chi connectivity index (χ1) is 11.5. The van der Waals surface area contributed by atoms with Crippen LogP contribution in [0.1, 0.15) is 31.9 Å². The van der Waals surface area contributed by atoms with Crippen molar-refractivity contribution in [1.29, 1.82) is 0 Å². The number of aromatic nitrogens is 2. The van der Waals surface area contributed by atoms with Crippen molar-refractivity contribution in [2.24, 2.45) is 5.11 Å². The van der Waals surface area contributed by atoms with Crippen molar-refractivity contribution in [1.82, 2.24) is 9.97 Å². The zero-order chi connectivity index (χ0) is 17.2. The van der Waals surface area contributed by atoms with Gasteiger partial charge in [-0.15, -0.1) is 0 Å². The Kier molecular flexibility index (Phi) is 4.19. The van der Waals surface area contributed by atoms with Gasteiger partial charge in [0.05, 0.1) is 17.8 Å². The molecule has 0 unspecified atom stereocenters. The molecule has 3 aromatic rings. The lowest BCUT2D eigenvalue weighted by Crippen LogP contribution is -2.10. The Labute approximate surface area is 141 Å². The predicted octanol–water partition coefficient (Wildman–Crippen LogP) is 5.40. The fraction of sp³-hybridized carbons (Fsp3) is 0.263. The van der Waals surface area contributed by atoms with Gasteiger partial charge in [0, 0.05) is 15.9 Å². The number of hydrogen-bond donors (Lipinski definition) is 0. The molecule has 0 bridgehead atoms. The topological polar surface area (TPSA) is 74.5 Å². The van der Waals surface area contributed by atoms with Gasteiger partial charge in [-0.3, -0.25) is 0 Å². The predicted molar refractivity (Wildman–Crippen MR) is 96.5 cm³/mol. The number of azide groups is 1. The molecule has 24 heavy (non-hydrogen) atoms. The second-order valence-corrected chi connectivity index (χ2v) is 6.75. The van der Waals surface area contributed by atoms with Crippen LogP contribution in [-0.4, -0.2) is 9.97 Å². The number of benzene rings is 2. The summed E-state index contributed by atoms with van der Waals surface area (Å²) in [5, 5.41) is 4.62. The van der Waals surface area contributed by atoms with Crippen LogP contribution in [0.2, 0.25) is 0 Å². The smallest absolute Gasteiger partial charge is 0.116 e. The molecular weight excluding hydrogens is 298 g/mol. The summed E-state index contributed by atoms with van der Waals surface area (Å²) in [5.74, 6) is 0. The molecule has 0 aliphatic heterocycles. The Morgan fingerprint density at radius 2 is 1.79 bits per heavy atom. The number of hydrogen-bond acceptors (Lipinski definition) is 3. The number of nitrogens with zero attached hydrogens (tertiary/aromatic N) is 5. The molecule has 1 aromatic heterocycles. The molecule has 0 aliphatic rings. The van der Waals surface area contributed by atoms with Gasteiger partial charge in [-0.25, -0.2) is 9.97 Å². The van der Waals surface area contributed by atoms with Crippen molar-refractivity contribution in [3.63, 3.8) is 0 Å². The van der Waals surface area contributed by atoms with E-state index in [-0.39, 0.29) is 12.0 Å². The maximum absolute atomic E-state index is 8.55. The summed E-state index contributed by atoms with van der Waals surface area (Å²) >= 11 is 0. The molecule has 0 amide bonds. The Morgan fingerprint density at radius 1 is 1.04 bits per heavy atom. The van der Waals surface area contributed by atoms with Crippen LogP contribution in [0.3, 0.4) is 0 Å². The van der Waals surface area contributed by atoms with Crippen LogP contribution in [0, 0.1) is 0 Å². The minimum absolute atomic E-state index is 0.120. The van der Waals surface area contributed by atoms with Gasteiger partial charge in [0.2, 0.25) is 0 Å². The van der Waals surface area contributed by atoms with Crippen LogP contribution >= 0.6 is 0 Å². The SMILES string of the molecule is CC(C)(C)c1ccc(-c2ncnc3c(CN=[N+]=[N-])cccc23)cc1. The van der Waals surface area contributed by atoms with Crippen molar-refractivity contribution in [2.75, 3.05) is 0 Å². The molecule has 120 valence electrons. The normalized spacial score (nSPS) is 11.3. The van der Waals surface area contributed by atoms with Crippen molar-refractivity contribution in [3.8, 4) is 11.3 Å². The zero-order valence-electron chi connectivity index (χ0n) is 14.1. The zero-order valence-corrected chi connectivity index (χ0v) is 14.1. The molecule has 0 saturated carbocycles.